The van der Waals surface area contributed by atoms with Gasteiger partial charge in [0.15, 0.2) is 6.10 Å². The van der Waals surface area contributed by atoms with Crippen molar-refractivity contribution in [3.8, 4) is 0 Å². The molecule has 1 aliphatic rings. The van der Waals surface area contributed by atoms with E-state index in [0.717, 1.165) is 25.3 Å². The Morgan fingerprint density at radius 2 is 1.92 bits per heavy atom. The highest BCUT2D eigenvalue weighted by Crippen LogP contribution is 2.23. The van der Waals surface area contributed by atoms with E-state index in [4.69, 9.17) is 4.74 Å². The Morgan fingerprint density at radius 1 is 1.23 bits per heavy atom. The molecule has 26 heavy (non-hydrogen) atoms. The summed E-state index contributed by atoms with van der Waals surface area (Å²) in [4.78, 5) is 35.8. The molecule has 1 fully saturated rings. The number of nitrogens with one attached hydrogen (secondary N) is 2. The SMILES string of the molecule is CC(OC(=O)CNC(=O)c1ccccc1F)C(=O)NC1CCCCC1C. The summed E-state index contributed by atoms with van der Waals surface area (Å²) in [7, 11) is 0. The van der Waals surface area contributed by atoms with Crippen LogP contribution >= 0.6 is 0 Å². The molecule has 0 saturated heterocycles. The Balaban J connectivity index is 1.76. The molecule has 6 nitrogen and oxygen atoms in total. The van der Waals surface area contributed by atoms with Crippen molar-refractivity contribution in [3.05, 3.63) is 35.6 Å². The molecule has 0 heterocycles. The van der Waals surface area contributed by atoms with Crippen LogP contribution in [0.15, 0.2) is 24.3 Å². The Kier molecular flexibility index (Phi) is 7.12. The van der Waals surface area contributed by atoms with Crippen molar-refractivity contribution in [2.75, 3.05) is 6.54 Å². The lowest BCUT2D eigenvalue weighted by atomic mass is 9.86. The monoisotopic (exact) mass is 364 g/mol. The molecule has 1 saturated carbocycles. The van der Waals surface area contributed by atoms with Crippen molar-refractivity contribution < 1.29 is 23.5 Å². The van der Waals surface area contributed by atoms with Gasteiger partial charge in [0.1, 0.15) is 12.4 Å². The van der Waals surface area contributed by atoms with E-state index in [1.807, 2.05) is 0 Å². The first-order valence-electron chi connectivity index (χ1n) is 8.91. The van der Waals surface area contributed by atoms with E-state index < -0.39 is 30.3 Å². The molecule has 0 spiro atoms. The largest absolute Gasteiger partial charge is 0.451 e. The Bertz CT molecular complexity index is 665. The van der Waals surface area contributed by atoms with Crippen LogP contribution in [0.5, 0.6) is 0 Å². The van der Waals surface area contributed by atoms with E-state index in [-0.39, 0.29) is 17.5 Å². The molecule has 1 aromatic carbocycles. The van der Waals surface area contributed by atoms with Gasteiger partial charge < -0.3 is 15.4 Å². The number of esters is 1. The van der Waals surface area contributed by atoms with E-state index >= 15 is 0 Å². The smallest absolute Gasteiger partial charge is 0.326 e. The summed E-state index contributed by atoms with van der Waals surface area (Å²) in [5.41, 5.74) is -0.155. The van der Waals surface area contributed by atoms with Crippen LogP contribution in [-0.4, -0.2) is 36.5 Å². The number of halogens is 1. The maximum absolute atomic E-state index is 13.5. The quantitative estimate of drug-likeness (QED) is 0.758. The standard InChI is InChI=1S/C19H25FN2O4/c1-12-7-3-6-10-16(12)22-18(24)13(2)26-17(23)11-21-19(25)14-8-4-5-9-15(14)20/h4-5,8-9,12-13,16H,3,6-7,10-11H2,1-2H3,(H,21,25)(H,22,24). The summed E-state index contributed by atoms with van der Waals surface area (Å²) in [6.45, 7) is 3.14. The Hall–Kier alpha value is -2.44. The fourth-order valence-electron chi connectivity index (χ4n) is 3.02. The van der Waals surface area contributed by atoms with Crippen LogP contribution in [-0.2, 0) is 14.3 Å². The van der Waals surface area contributed by atoms with Crippen LogP contribution in [0, 0.1) is 11.7 Å². The minimum Gasteiger partial charge on any atom is -0.451 e. The summed E-state index contributed by atoms with van der Waals surface area (Å²) in [5, 5.41) is 5.21. The van der Waals surface area contributed by atoms with E-state index in [1.54, 1.807) is 0 Å². The normalized spacial score (nSPS) is 20.7. The fourth-order valence-corrected chi connectivity index (χ4v) is 3.02. The summed E-state index contributed by atoms with van der Waals surface area (Å²) in [6, 6.07) is 5.56. The lowest BCUT2D eigenvalue weighted by molar-refractivity contribution is -0.154. The maximum Gasteiger partial charge on any atom is 0.326 e. The van der Waals surface area contributed by atoms with Crippen molar-refractivity contribution in [3.63, 3.8) is 0 Å². The van der Waals surface area contributed by atoms with Gasteiger partial charge in [0.2, 0.25) is 0 Å². The number of rotatable bonds is 6. The number of hydrogen-bond donors (Lipinski definition) is 2. The first-order valence-corrected chi connectivity index (χ1v) is 8.91. The predicted octanol–water partition coefficient (Wildman–Crippen LogP) is 2.18. The fraction of sp³-hybridized carbons (Fsp3) is 0.526. The van der Waals surface area contributed by atoms with Gasteiger partial charge in [-0.05, 0) is 37.8 Å². The zero-order valence-electron chi connectivity index (χ0n) is 15.1. The molecule has 2 rings (SSSR count). The molecule has 3 atom stereocenters. The lowest BCUT2D eigenvalue weighted by Gasteiger charge is -2.30. The molecule has 0 aliphatic heterocycles. The Labute approximate surface area is 152 Å². The third kappa shape index (κ3) is 5.54. The highest BCUT2D eigenvalue weighted by molar-refractivity contribution is 5.96. The first-order chi connectivity index (χ1) is 12.4. The molecule has 1 aliphatic carbocycles. The maximum atomic E-state index is 13.5. The molecule has 7 heteroatoms. The zero-order valence-corrected chi connectivity index (χ0v) is 15.1. The molecule has 2 N–H and O–H groups in total. The summed E-state index contributed by atoms with van der Waals surface area (Å²) in [5.74, 6) is -2.09. The van der Waals surface area contributed by atoms with Gasteiger partial charge in [0, 0.05) is 6.04 Å². The van der Waals surface area contributed by atoms with Crippen molar-refractivity contribution in [2.45, 2.75) is 51.7 Å². The molecule has 0 bridgehead atoms. The van der Waals surface area contributed by atoms with Crippen LogP contribution < -0.4 is 10.6 Å². The van der Waals surface area contributed by atoms with Gasteiger partial charge in [-0.2, -0.15) is 0 Å². The predicted molar refractivity (Wildman–Crippen MR) is 93.8 cm³/mol. The minimum absolute atomic E-state index is 0.0955. The summed E-state index contributed by atoms with van der Waals surface area (Å²) < 4.78 is 18.6. The van der Waals surface area contributed by atoms with Gasteiger partial charge in [0.05, 0.1) is 5.56 Å². The Morgan fingerprint density at radius 3 is 2.62 bits per heavy atom. The van der Waals surface area contributed by atoms with Crippen molar-refractivity contribution in [1.29, 1.82) is 0 Å². The van der Waals surface area contributed by atoms with Gasteiger partial charge in [0.25, 0.3) is 11.8 Å². The minimum atomic E-state index is -0.956. The number of carbonyl (C=O) groups excluding carboxylic acids is 3. The second-order valence-electron chi connectivity index (χ2n) is 6.67. The van der Waals surface area contributed by atoms with Gasteiger partial charge in [-0.1, -0.05) is 31.9 Å². The number of carbonyl (C=O) groups is 3. The number of benzene rings is 1. The molecule has 0 radical (unpaired) electrons. The van der Waals surface area contributed by atoms with Gasteiger partial charge >= 0.3 is 5.97 Å². The van der Waals surface area contributed by atoms with Gasteiger partial charge in [-0.15, -0.1) is 0 Å². The molecule has 142 valence electrons. The highest BCUT2D eigenvalue weighted by atomic mass is 19.1. The van der Waals surface area contributed by atoms with E-state index in [0.29, 0.717) is 5.92 Å². The second kappa shape index (κ2) is 9.31. The van der Waals surface area contributed by atoms with Crippen molar-refractivity contribution in [2.24, 2.45) is 5.92 Å². The van der Waals surface area contributed by atoms with Gasteiger partial charge in [-0.25, -0.2) is 4.39 Å². The van der Waals surface area contributed by atoms with Crippen LogP contribution in [0.1, 0.15) is 49.9 Å². The number of ether oxygens (including phenoxy) is 1. The number of hydrogen-bond acceptors (Lipinski definition) is 4. The summed E-state index contributed by atoms with van der Waals surface area (Å²) in [6.07, 6.45) is 3.28. The first kappa shape index (κ1) is 19.9. The molecular formula is C19H25FN2O4. The average Bonchev–Trinajstić information content (AvgIpc) is 2.62. The number of amides is 2. The van der Waals surface area contributed by atoms with E-state index in [2.05, 4.69) is 17.6 Å². The van der Waals surface area contributed by atoms with Crippen LogP contribution in [0.4, 0.5) is 4.39 Å². The van der Waals surface area contributed by atoms with Crippen molar-refractivity contribution >= 4 is 17.8 Å². The molecule has 0 aromatic heterocycles. The molecular weight excluding hydrogens is 339 g/mol. The van der Waals surface area contributed by atoms with Crippen LogP contribution in [0.25, 0.3) is 0 Å². The second-order valence-corrected chi connectivity index (χ2v) is 6.67. The average molecular weight is 364 g/mol. The lowest BCUT2D eigenvalue weighted by Crippen LogP contribution is -2.46. The zero-order chi connectivity index (χ0) is 19.1. The van der Waals surface area contributed by atoms with Crippen molar-refractivity contribution in [1.82, 2.24) is 10.6 Å². The van der Waals surface area contributed by atoms with E-state index in [9.17, 15) is 18.8 Å². The summed E-state index contributed by atoms with van der Waals surface area (Å²) >= 11 is 0. The topological polar surface area (TPSA) is 84.5 Å². The van der Waals surface area contributed by atoms with E-state index in [1.165, 1.54) is 31.5 Å². The molecule has 1 aromatic rings. The third-order valence-electron chi connectivity index (χ3n) is 4.63. The third-order valence-corrected chi connectivity index (χ3v) is 4.63. The van der Waals surface area contributed by atoms with Crippen LogP contribution in [0.3, 0.4) is 0 Å². The highest BCUT2D eigenvalue weighted by Gasteiger charge is 2.26. The molecule has 3 unspecified atom stereocenters. The van der Waals surface area contributed by atoms with Gasteiger partial charge in [-0.3, -0.25) is 14.4 Å². The van der Waals surface area contributed by atoms with Crippen LogP contribution in [0.2, 0.25) is 0 Å². The molecule has 2 amide bonds.